The molecule has 1 unspecified atom stereocenters. The fourth-order valence-corrected chi connectivity index (χ4v) is 3.43. The Hall–Kier alpha value is -1.82. The van der Waals surface area contributed by atoms with Gasteiger partial charge in [0.2, 0.25) is 0 Å². The van der Waals surface area contributed by atoms with Crippen molar-refractivity contribution in [3.8, 4) is 0 Å². The summed E-state index contributed by atoms with van der Waals surface area (Å²) in [5.74, 6) is 1.85. The van der Waals surface area contributed by atoms with Crippen molar-refractivity contribution in [2.75, 3.05) is 18.8 Å². The van der Waals surface area contributed by atoms with Gasteiger partial charge in [0, 0.05) is 31.2 Å². The maximum atomic E-state index is 12.3. The van der Waals surface area contributed by atoms with Crippen LogP contribution in [0.5, 0.6) is 0 Å². The number of rotatable bonds is 2. The first-order valence-electron chi connectivity index (χ1n) is 6.55. The fraction of sp³-hybridized carbons (Fsp3) is 0.357. The molecule has 1 fully saturated rings. The number of amides is 1. The SMILES string of the molecule is O=C(c1cnccn1)N1CCSC(c2ccco2)CC1. The lowest BCUT2D eigenvalue weighted by Crippen LogP contribution is -2.33. The number of carbonyl (C=O) groups excluding carboxylic acids is 1. The molecule has 1 aliphatic rings. The van der Waals surface area contributed by atoms with Crippen molar-refractivity contribution < 1.29 is 9.21 Å². The highest BCUT2D eigenvalue weighted by atomic mass is 32.2. The molecule has 3 rings (SSSR count). The summed E-state index contributed by atoms with van der Waals surface area (Å²) < 4.78 is 5.46. The van der Waals surface area contributed by atoms with E-state index in [0.717, 1.165) is 24.5 Å². The van der Waals surface area contributed by atoms with Crippen LogP contribution in [0.2, 0.25) is 0 Å². The van der Waals surface area contributed by atoms with Crippen molar-refractivity contribution in [1.29, 1.82) is 0 Å². The van der Waals surface area contributed by atoms with Crippen molar-refractivity contribution in [2.45, 2.75) is 11.7 Å². The van der Waals surface area contributed by atoms with Crippen molar-refractivity contribution in [2.24, 2.45) is 0 Å². The first-order valence-corrected chi connectivity index (χ1v) is 7.60. The zero-order valence-corrected chi connectivity index (χ0v) is 11.8. The van der Waals surface area contributed by atoms with E-state index in [1.807, 2.05) is 28.8 Å². The van der Waals surface area contributed by atoms with Gasteiger partial charge in [0.1, 0.15) is 11.5 Å². The lowest BCUT2D eigenvalue weighted by molar-refractivity contribution is 0.0759. The van der Waals surface area contributed by atoms with E-state index < -0.39 is 0 Å². The highest BCUT2D eigenvalue weighted by Gasteiger charge is 2.24. The van der Waals surface area contributed by atoms with E-state index in [1.54, 1.807) is 18.7 Å². The van der Waals surface area contributed by atoms with Crippen LogP contribution < -0.4 is 0 Å². The second kappa shape index (κ2) is 6.09. The highest BCUT2D eigenvalue weighted by Crippen LogP contribution is 2.34. The van der Waals surface area contributed by atoms with E-state index in [4.69, 9.17) is 4.42 Å². The number of furan rings is 1. The topological polar surface area (TPSA) is 59.2 Å². The molecular weight excluding hydrogens is 274 g/mol. The molecule has 6 heteroatoms. The summed E-state index contributed by atoms with van der Waals surface area (Å²) in [5, 5.41) is 0.324. The number of thioether (sulfide) groups is 1. The number of nitrogens with zero attached hydrogens (tertiary/aromatic N) is 3. The van der Waals surface area contributed by atoms with E-state index in [-0.39, 0.29) is 5.91 Å². The molecule has 5 nitrogen and oxygen atoms in total. The van der Waals surface area contributed by atoms with E-state index in [0.29, 0.717) is 17.5 Å². The summed E-state index contributed by atoms with van der Waals surface area (Å²) in [6.45, 7) is 1.45. The van der Waals surface area contributed by atoms with Crippen LogP contribution >= 0.6 is 11.8 Å². The van der Waals surface area contributed by atoms with Gasteiger partial charge in [-0.2, -0.15) is 0 Å². The molecule has 2 aromatic heterocycles. The van der Waals surface area contributed by atoms with Gasteiger partial charge in [0.05, 0.1) is 17.7 Å². The molecule has 20 heavy (non-hydrogen) atoms. The predicted octanol–water partition coefficient (Wildman–Crippen LogP) is 2.39. The van der Waals surface area contributed by atoms with Gasteiger partial charge in [-0.3, -0.25) is 9.78 Å². The minimum atomic E-state index is -0.0428. The quantitative estimate of drug-likeness (QED) is 0.849. The van der Waals surface area contributed by atoms with Gasteiger partial charge in [0.15, 0.2) is 0 Å². The standard InChI is InChI=1S/C14H15N3O2S/c18-14(11-10-15-4-5-16-11)17-6-3-13(20-9-7-17)12-2-1-8-19-12/h1-2,4-5,8,10,13H,3,6-7,9H2. The minimum absolute atomic E-state index is 0.0428. The van der Waals surface area contributed by atoms with Crippen LogP contribution in [0.3, 0.4) is 0 Å². The second-order valence-electron chi connectivity index (χ2n) is 4.55. The Morgan fingerprint density at radius 3 is 3.10 bits per heavy atom. The van der Waals surface area contributed by atoms with Gasteiger partial charge in [-0.05, 0) is 18.6 Å². The molecule has 1 aliphatic heterocycles. The monoisotopic (exact) mass is 289 g/mol. The molecular formula is C14H15N3O2S. The summed E-state index contributed by atoms with van der Waals surface area (Å²) in [4.78, 5) is 22.2. The third-order valence-electron chi connectivity index (χ3n) is 3.27. The highest BCUT2D eigenvalue weighted by molar-refractivity contribution is 7.99. The Bertz CT molecular complexity index is 559. The maximum absolute atomic E-state index is 12.3. The number of hydrogen-bond acceptors (Lipinski definition) is 5. The first-order chi connectivity index (χ1) is 9.84. The summed E-state index contributed by atoms with van der Waals surface area (Å²) in [5.41, 5.74) is 0.411. The van der Waals surface area contributed by atoms with E-state index in [9.17, 15) is 4.79 Å². The normalized spacial score (nSPS) is 19.6. The zero-order chi connectivity index (χ0) is 13.8. The Morgan fingerprint density at radius 1 is 1.40 bits per heavy atom. The van der Waals surface area contributed by atoms with Crippen LogP contribution in [-0.4, -0.2) is 39.6 Å². The molecule has 0 aliphatic carbocycles. The van der Waals surface area contributed by atoms with Crippen molar-refractivity contribution in [3.05, 3.63) is 48.4 Å². The van der Waals surface area contributed by atoms with E-state index in [1.165, 1.54) is 6.20 Å². The zero-order valence-electron chi connectivity index (χ0n) is 10.9. The van der Waals surface area contributed by atoms with Gasteiger partial charge in [-0.15, -0.1) is 11.8 Å². The average Bonchev–Trinajstić information content (AvgIpc) is 2.92. The van der Waals surface area contributed by atoms with Gasteiger partial charge in [0.25, 0.3) is 5.91 Å². The molecule has 0 aromatic carbocycles. The third kappa shape index (κ3) is 2.85. The van der Waals surface area contributed by atoms with Crippen molar-refractivity contribution in [1.82, 2.24) is 14.9 Å². The Morgan fingerprint density at radius 2 is 2.35 bits per heavy atom. The van der Waals surface area contributed by atoms with Crippen LogP contribution in [-0.2, 0) is 0 Å². The predicted molar refractivity (Wildman–Crippen MR) is 76.5 cm³/mol. The van der Waals surface area contributed by atoms with Gasteiger partial charge in [-0.1, -0.05) is 0 Å². The Labute approximate surface area is 121 Å². The Kier molecular flexibility index (Phi) is 4.01. The largest absolute Gasteiger partial charge is 0.468 e. The molecule has 0 saturated carbocycles. The molecule has 1 atom stereocenters. The van der Waals surface area contributed by atoms with Crippen LogP contribution in [0, 0.1) is 0 Å². The smallest absolute Gasteiger partial charge is 0.274 e. The van der Waals surface area contributed by atoms with Crippen LogP contribution in [0.15, 0.2) is 41.4 Å². The lowest BCUT2D eigenvalue weighted by Gasteiger charge is -2.19. The second-order valence-corrected chi connectivity index (χ2v) is 5.86. The minimum Gasteiger partial charge on any atom is -0.468 e. The molecule has 1 amide bonds. The maximum Gasteiger partial charge on any atom is 0.274 e. The lowest BCUT2D eigenvalue weighted by atomic mass is 10.2. The molecule has 0 bridgehead atoms. The molecule has 1 saturated heterocycles. The molecule has 0 spiro atoms. The average molecular weight is 289 g/mol. The summed E-state index contributed by atoms with van der Waals surface area (Å²) in [6.07, 6.45) is 7.23. The number of aromatic nitrogens is 2. The van der Waals surface area contributed by atoms with Crippen LogP contribution in [0.1, 0.15) is 27.9 Å². The number of carbonyl (C=O) groups is 1. The summed E-state index contributed by atoms with van der Waals surface area (Å²) in [6, 6.07) is 3.90. The van der Waals surface area contributed by atoms with Crippen molar-refractivity contribution in [3.63, 3.8) is 0 Å². The van der Waals surface area contributed by atoms with E-state index in [2.05, 4.69) is 9.97 Å². The van der Waals surface area contributed by atoms with Gasteiger partial charge < -0.3 is 9.32 Å². The van der Waals surface area contributed by atoms with Gasteiger partial charge >= 0.3 is 0 Å². The number of hydrogen-bond donors (Lipinski definition) is 0. The summed E-state index contributed by atoms with van der Waals surface area (Å²) >= 11 is 1.83. The molecule has 0 N–H and O–H groups in total. The molecule has 3 heterocycles. The molecule has 0 radical (unpaired) electrons. The third-order valence-corrected chi connectivity index (χ3v) is 4.56. The fourth-order valence-electron chi connectivity index (χ4n) is 2.25. The molecule has 2 aromatic rings. The van der Waals surface area contributed by atoms with Crippen LogP contribution in [0.25, 0.3) is 0 Å². The van der Waals surface area contributed by atoms with E-state index >= 15 is 0 Å². The first kappa shape index (κ1) is 13.2. The van der Waals surface area contributed by atoms with Crippen molar-refractivity contribution >= 4 is 17.7 Å². The van der Waals surface area contributed by atoms with Gasteiger partial charge in [-0.25, -0.2) is 4.98 Å². The van der Waals surface area contributed by atoms with Crippen LogP contribution in [0.4, 0.5) is 0 Å². The Balaban J connectivity index is 1.67. The summed E-state index contributed by atoms with van der Waals surface area (Å²) in [7, 11) is 0. The molecule has 104 valence electrons.